The van der Waals surface area contributed by atoms with Crippen LogP contribution in [0.2, 0.25) is 0 Å². The highest BCUT2D eigenvalue weighted by molar-refractivity contribution is 5.98. The summed E-state index contributed by atoms with van der Waals surface area (Å²) in [4.78, 5) is 17.5. The molecule has 0 bridgehead atoms. The van der Waals surface area contributed by atoms with Crippen LogP contribution in [0, 0.1) is 0 Å². The van der Waals surface area contributed by atoms with E-state index < -0.39 is 0 Å². The van der Waals surface area contributed by atoms with Crippen LogP contribution in [0.15, 0.2) is 54.7 Å². The molecule has 176 valence electrons. The second-order valence-corrected chi connectivity index (χ2v) is 8.62. The SMILES string of the molecule is COc1cccc(-c2c[nH]c3nc(Nc4ccc(CN5CCN(C)CC5)cc4)nc(OC)c23)c1. The Morgan fingerprint density at radius 3 is 2.50 bits per heavy atom. The molecule has 8 nitrogen and oxygen atoms in total. The third-order valence-corrected chi connectivity index (χ3v) is 6.28. The van der Waals surface area contributed by atoms with Gasteiger partial charge in [-0.3, -0.25) is 4.90 Å². The molecule has 5 rings (SSSR count). The normalized spacial score (nSPS) is 14.9. The Morgan fingerprint density at radius 2 is 1.76 bits per heavy atom. The second kappa shape index (κ2) is 9.70. The van der Waals surface area contributed by atoms with Gasteiger partial charge in [0, 0.05) is 50.2 Å². The van der Waals surface area contributed by atoms with E-state index in [9.17, 15) is 0 Å². The number of hydrogen-bond acceptors (Lipinski definition) is 7. The number of aromatic amines is 1. The van der Waals surface area contributed by atoms with Gasteiger partial charge in [-0.05, 0) is 42.4 Å². The van der Waals surface area contributed by atoms with Crippen LogP contribution in [0.25, 0.3) is 22.2 Å². The number of likely N-dealkylation sites (N-methyl/N-ethyl adjacent to an activating group) is 1. The second-order valence-electron chi connectivity index (χ2n) is 8.62. The molecule has 2 aromatic heterocycles. The monoisotopic (exact) mass is 458 g/mol. The first-order chi connectivity index (χ1) is 16.6. The van der Waals surface area contributed by atoms with Crippen molar-refractivity contribution < 1.29 is 9.47 Å². The lowest BCUT2D eigenvalue weighted by molar-refractivity contribution is 0.148. The fourth-order valence-electron chi connectivity index (χ4n) is 4.31. The van der Waals surface area contributed by atoms with Gasteiger partial charge in [0.05, 0.1) is 19.6 Å². The number of piperazine rings is 1. The van der Waals surface area contributed by atoms with Gasteiger partial charge in [0.15, 0.2) is 0 Å². The Labute approximate surface area is 199 Å². The van der Waals surface area contributed by atoms with Crippen LogP contribution >= 0.6 is 0 Å². The van der Waals surface area contributed by atoms with Gasteiger partial charge in [-0.25, -0.2) is 0 Å². The lowest BCUT2D eigenvalue weighted by Crippen LogP contribution is -2.43. The molecule has 1 aliphatic heterocycles. The number of ether oxygens (including phenoxy) is 2. The Morgan fingerprint density at radius 1 is 0.971 bits per heavy atom. The summed E-state index contributed by atoms with van der Waals surface area (Å²) >= 11 is 0. The highest BCUT2D eigenvalue weighted by Gasteiger charge is 2.17. The largest absolute Gasteiger partial charge is 0.497 e. The number of nitrogens with one attached hydrogen (secondary N) is 2. The predicted molar refractivity (Wildman–Crippen MR) is 135 cm³/mol. The topological polar surface area (TPSA) is 78.5 Å². The Hall–Kier alpha value is -3.62. The van der Waals surface area contributed by atoms with Gasteiger partial charge in [-0.1, -0.05) is 24.3 Å². The molecular weight excluding hydrogens is 428 g/mol. The van der Waals surface area contributed by atoms with E-state index in [2.05, 4.69) is 61.4 Å². The van der Waals surface area contributed by atoms with Crippen molar-refractivity contribution in [2.75, 3.05) is 52.8 Å². The van der Waals surface area contributed by atoms with E-state index >= 15 is 0 Å². The summed E-state index contributed by atoms with van der Waals surface area (Å²) in [6.45, 7) is 5.44. The molecule has 0 atom stereocenters. The number of hydrogen-bond donors (Lipinski definition) is 2. The number of H-pyrrole nitrogens is 1. The number of fused-ring (bicyclic) bond motifs is 1. The van der Waals surface area contributed by atoms with E-state index in [-0.39, 0.29) is 0 Å². The van der Waals surface area contributed by atoms with Crippen LogP contribution in [0.1, 0.15) is 5.56 Å². The van der Waals surface area contributed by atoms with Gasteiger partial charge in [0.2, 0.25) is 11.8 Å². The standard InChI is InChI=1S/C26H30N6O2/c1-31-11-13-32(14-12-31)17-18-7-9-20(10-8-18)28-26-29-24-23(25(30-26)34-3)22(16-27-24)19-5-4-6-21(15-19)33-2/h4-10,15-16H,11-14,17H2,1-3H3,(H2,27,28,29,30). The average Bonchev–Trinajstić information content (AvgIpc) is 3.30. The molecule has 4 aromatic rings. The maximum Gasteiger partial charge on any atom is 0.232 e. The summed E-state index contributed by atoms with van der Waals surface area (Å²) in [5.74, 6) is 1.79. The summed E-state index contributed by atoms with van der Waals surface area (Å²) in [6.07, 6.45) is 1.92. The van der Waals surface area contributed by atoms with Crippen molar-refractivity contribution in [2.24, 2.45) is 0 Å². The molecule has 2 N–H and O–H groups in total. The predicted octanol–water partition coefficient (Wildman–Crippen LogP) is 4.13. The molecule has 0 saturated carbocycles. The van der Waals surface area contributed by atoms with Gasteiger partial charge in [0.1, 0.15) is 11.4 Å². The van der Waals surface area contributed by atoms with Crippen molar-refractivity contribution in [3.05, 3.63) is 60.3 Å². The molecule has 3 heterocycles. The van der Waals surface area contributed by atoms with Crippen LogP contribution in [0.3, 0.4) is 0 Å². The average molecular weight is 459 g/mol. The first-order valence-electron chi connectivity index (χ1n) is 11.5. The number of methoxy groups -OCH3 is 2. The minimum atomic E-state index is 0.482. The van der Waals surface area contributed by atoms with E-state index in [1.165, 1.54) is 5.56 Å². The molecule has 1 aliphatic rings. The van der Waals surface area contributed by atoms with E-state index in [1.54, 1.807) is 14.2 Å². The quantitative estimate of drug-likeness (QED) is 0.431. The molecule has 0 aliphatic carbocycles. The molecule has 1 saturated heterocycles. The Bertz CT molecular complexity index is 1260. The first kappa shape index (κ1) is 22.2. The number of nitrogens with zero attached hydrogens (tertiary/aromatic N) is 4. The van der Waals surface area contributed by atoms with Crippen LogP contribution in [-0.4, -0.2) is 72.2 Å². The summed E-state index contributed by atoms with van der Waals surface area (Å²) in [5.41, 5.74) is 4.91. The zero-order valence-electron chi connectivity index (χ0n) is 19.8. The maximum atomic E-state index is 5.64. The van der Waals surface area contributed by atoms with Crippen LogP contribution in [0.5, 0.6) is 11.6 Å². The van der Waals surface area contributed by atoms with E-state index in [4.69, 9.17) is 9.47 Å². The molecular formula is C26H30N6O2. The molecule has 2 aromatic carbocycles. The van der Waals surface area contributed by atoms with Gasteiger partial charge < -0.3 is 24.7 Å². The van der Waals surface area contributed by atoms with Crippen LogP contribution < -0.4 is 14.8 Å². The van der Waals surface area contributed by atoms with Gasteiger partial charge in [-0.15, -0.1) is 0 Å². The molecule has 1 fully saturated rings. The van der Waals surface area contributed by atoms with E-state index in [1.807, 2.05) is 30.5 Å². The summed E-state index contributed by atoms with van der Waals surface area (Å²) < 4.78 is 11.0. The highest BCUT2D eigenvalue weighted by atomic mass is 16.5. The summed E-state index contributed by atoms with van der Waals surface area (Å²) in [6, 6.07) is 16.4. The van der Waals surface area contributed by atoms with Crippen LogP contribution in [0.4, 0.5) is 11.6 Å². The smallest absolute Gasteiger partial charge is 0.232 e. The zero-order valence-corrected chi connectivity index (χ0v) is 19.8. The third kappa shape index (κ3) is 4.69. The Balaban J connectivity index is 1.35. The third-order valence-electron chi connectivity index (χ3n) is 6.28. The van der Waals surface area contributed by atoms with Gasteiger partial charge in [0.25, 0.3) is 0 Å². The molecule has 0 amide bonds. The maximum absolute atomic E-state index is 5.64. The Kier molecular flexibility index (Phi) is 6.33. The van der Waals surface area contributed by atoms with Gasteiger partial charge in [-0.2, -0.15) is 9.97 Å². The van der Waals surface area contributed by atoms with Crippen molar-refractivity contribution in [1.29, 1.82) is 0 Å². The zero-order chi connectivity index (χ0) is 23.5. The number of aromatic nitrogens is 3. The van der Waals surface area contributed by atoms with E-state index in [0.29, 0.717) is 17.5 Å². The summed E-state index contributed by atoms with van der Waals surface area (Å²) in [7, 11) is 5.47. The molecule has 34 heavy (non-hydrogen) atoms. The number of rotatable bonds is 7. The molecule has 0 unspecified atom stereocenters. The first-order valence-corrected chi connectivity index (χ1v) is 11.5. The molecule has 8 heteroatoms. The van der Waals surface area contributed by atoms with Crippen molar-refractivity contribution in [1.82, 2.24) is 24.8 Å². The van der Waals surface area contributed by atoms with Crippen molar-refractivity contribution in [2.45, 2.75) is 6.54 Å². The fourth-order valence-corrected chi connectivity index (χ4v) is 4.31. The number of benzene rings is 2. The van der Waals surface area contributed by atoms with Crippen molar-refractivity contribution in [3.8, 4) is 22.8 Å². The molecule has 0 spiro atoms. The van der Waals surface area contributed by atoms with Crippen molar-refractivity contribution >= 4 is 22.7 Å². The van der Waals surface area contributed by atoms with E-state index in [0.717, 1.165) is 60.7 Å². The minimum Gasteiger partial charge on any atom is -0.497 e. The van der Waals surface area contributed by atoms with Crippen molar-refractivity contribution in [3.63, 3.8) is 0 Å². The minimum absolute atomic E-state index is 0.482. The number of anilines is 2. The lowest BCUT2D eigenvalue weighted by Gasteiger charge is -2.32. The molecule has 0 radical (unpaired) electrons. The summed E-state index contributed by atoms with van der Waals surface area (Å²) in [5, 5.41) is 4.15. The van der Waals surface area contributed by atoms with Gasteiger partial charge >= 0.3 is 0 Å². The lowest BCUT2D eigenvalue weighted by atomic mass is 10.1. The van der Waals surface area contributed by atoms with Crippen LogP contribution in [-0.2, 0) is 6.54 Å². The fraction of sp³-hybridized carbons (Fsp3) is 0.308. The highest BCUT2D eigenvalue weighted by Crippen LogP contribution is 2.35.